The molecule has 2 aromatic carbocycles. The van der Waals surface area contributed by atoms with Crippen molar-refractivity contribution >= 4 is 11.8 Å². The molecule has 0 aromatic heterocycles. The molecule has 3 rings (SSSR count). The molecular formula is C18H16F2N2O3. The summed E-state index contributed by atoms with van der Waals surface area (Å²) in [4.78, 5) is 23.9. The normalized spacial score (nSPS) is 16.9. The Morgan fingerprint density at radius 1 is 1.16 bits per heavy atom. The van der Waals surface area contributed by atoms with Crippen LogP contribution in [0.25, 0.3) is 0 Å². The van der Waals surface area contributed by atoms with Crippen LogP contribution in [0.2, 0.25) is 0 Å². The summed E-state index contributed by atoms with van der Waals surface area (Å²) in [6, 6.07) is 8.48. The summed E-state index contributed by atoms with van der Waals surface area (Å²) in [6.07, 6.45) is 1.41. The van der Waals surface area contributed by atoms with Gasteiger partial charge in [0.15, 0.2) is 11.6 Å². The fourth-order valence-corrected chi connectivity index (χ4v) is 2.51. The van der Waals surface area contributed by atoms with Crippen LogP contribution in [0.3, 0.4) is 0 Å². The van der Waals surface area contributed by atoms with Crippen molar-refractivity contribution in [3.8, 4) is 11.5 Å². The number of carbonyl (C=O) groups is 2. The van der Waals surface area contributed by atoms with E-state index in [0.717, 1.165) is 18.6 Å². The minimum Gasteiger partial charge on any atom is -0.454 e. The zero-order valence-corrected chi connectivity index (χ0v) is 13.2. The molecule has 0 spiro atoms. The second-order valence-electron chi connectivity index (χ2n) is 5.66. The van der Waals surface area contributed by atoms with Crippen molar-refractivity contribution in [1.29, 1.82) is 0 Å². The van der Waals surface area contributed by atoms with Crippen LogP contribution in [0.1, 0.15) is 23.2 Å². The lowest BCUT2D eigenvalue weighted by molar-refractivity contribution is -0.124. The molecule has 1 atom stereocenters. The smallest absolute Gasteiger partial charge is 0.251 e. The van der Waals surface area contributed by atoms with Crippen LogP contribution in [-0.4, -0.2) is 24.4 Å². The summed E-state index contributed by atoms with van der Waals surface area (Å²) in [5.41, 5.74) is 0.352. The number of hydrogen-bond donors (Lipinski definition) is 2. The maximum atomic E-state index is 13.6. The minimum absolute atomic E-state index is 0.113. The Kier molecular flexibility index (Phi) is 4.92. The highest BCUT2D eigenvalue weighted by atomic mass is 19.1. The van der Waals surface area contributed by atoms with Gasteiger partial charge in [0, 0.05) is 18.2 Å². The standard InChI is InChI=1S/C18H16F2N2O3/c19-12-5-8-16(14(20)10-12)25-13-6-3-11(4-7-13)17(23)22-15-2-1-9-21-18(15)24/h3-8,10,15H,1-2,9H2,(H,21,24)(H,22,23)/t15-/m1/s1. The predicted molar refractivity (Wildman–Crippen MR) is 86.4 cm³/mol. The van der Waals surface area contributed by atoms with Crippen molar-refractivity contribution in [2.45, 2.75) is 18.9 Å². The molecule has 1 aliphatic rings. The lowest BCUT2D eigenvalue weighted by Crippen LogP contribution is -2.50. The molecule has 0 aliphatic carbocycles. The minimum atomic E-state index is -0.815. The number of benzene rings is 2. The largest absolute Gasteiger partial charge is 0.454 e. The van der Waals surface area contributed by atoms with Gasteiger partial charge in [0.25, 0.3) is 5.91 Å². The van der Waals surface area contributed by atoms with Gasteiger partial charge < -0.3 is 15.4 Å². The van der Waals surface area contributed by atoms with Gasteiger partial charge in [-0.05, 0) is 49.2 Å². The van der Waals surface area contributed by atoms with Crippen LogP contribution in [0.15, 0.2) is 42.5 Å². The summed E-state index contributed by atoms with van der Waals surface area (Å²) >= 11 is 0. The van der Waals surface area contributed by atoms with E-state index in [2.05, 4.69) is 10.6 Å². The molecule has 0 unspecified atom stereocenters. The van der Waals surface area contributed by atoms with Crippen molar-refractivity contribution in [2.75, 3.05) is 6.54 Å². The van der Waals surface area contributed by atoms with Crippen molar-refractivity contribution in [1.82, 2.24) is 10.6 Å². The second kappa shape index (κ2) is 7.29. The van der Waals surface area contributed by atoms with E-state index in [1.807, 2.05) is 0 Å². The number of piperidine rings is 1. The van der Waals surface area contributed by atoms with Crippen molar-refractivity contribution in [2.24, 2.45) is 0 Å². The quantitative estimate of drug-likeness (QED) is 0.895. The van der Waals surface area contributed by atoms with Gasteiger partial charge in [-0.25, -0.2) is 8.78 Å². The number of hydrogen-bond acceptors (Lipinski definition) is 3. The van der Waals surface area contributed by atoms with E-state index in [4.69, 9.17) is 4.74 Å². The zero-order chi connectivity index (χ0) is 17.8. The molecule has 1 heterocycles. The fourth-order valence-electron chi connectivity index (χ4n) is 2.51. The van der Waals surface area contributed by atoms with Gasteiger partial charge in [-0.15, -0.1) is 0 Å². The highest BCUT2D eigenvalue weighted by molar-refractivity contribution is 5.97. The van der Waals surface area contributed by atoms with Crippen LogP contribution in [0.4, 0.5) is 8.78 Å². The number of nitrogens with one attached hydrogen (secondary N) is 2. The molecule has 1 aliphatic heterocycles. The highest BCUT2D eigenvalue weighted by Gasteiger charge is 2.23. The number of rotatable bonds is 4. The third-order valence-electron chi connectivity index (χ3n) is 3.83. The summed E-state index contributed by atoms with van der Waals surface area (Å²) < 4.78 is 31.8. The Labute approximate surface area is 143 Å². The molecule has 0 bridgehead atoms. The average Bonchev–Trinajstić information content (AvgIpc) is 2.60. The lowest BCUT2D eigenvalue weighted by Gasteiger charge is -2.22. The maximum Gasteiger partial charge on any atom is 0.251 e. The average molecular weight is 346 g/mol. The molecule has 0 radical (unpaired) electrons. The molecule has 5 nitrogen and oxygen atoms in total. The number of ether oxygens (including phenoxy) is 1. The summed E-state index contributed by atoms with van der Waals surface area (Å²) in [5, 5.41) is 5.37. The first-order chi connectivity index (χ1) is 12.0. The molecule has 130 valence electrons. The van der Waals surface area contributed by atoms with Gasteiger partial charge in [-0.3, -0.25) is 9.59 Å². The molecule has 25 heavy (non-hydrogen) atoms. The van der Waals surface area contributed by atoms with Crippen molar-refractivity contribution in [3.05, 3.63) is 59.7 Å². The maximum absolute atomic E-state index is 13.6. The Hall–Kier alpha value is -2.96. The van der Waals surface area contributed by atoms with Crippen LogP contribution in [0, 0.1) is 11.6 Å². The predicted octanol–water partition coefficient (Wildman–Crippen LogP) is 2.77. The van der Waals surface area contributed by atoms with Gasteiger partial charge >= 0.3 is 0 Å². The molecule has 0 saturated carbocycles. The highest BCUT2D eigenvalue weighted by Crippen LogP contribution is 2.25. The van der Waals surface area contributed by atoms with Crippen LogP contribution >= 0.6 is 0 Å². The summed E-state index contributed by atoms with van der Waals surface area (Å²) in [6.45, 7) is 0.622. The molecule has 2 amide bonds. The van der Waals surface area contributed by atoms with Gasteiger partial charge in [0.05, 0.1) is 0 Å². The van der Waals surface area contributed by atoms with Crippen LogP contribution in [0.5, 0.6) is 11.5 Å². The second-order valence-corrected chi connectivity index (χ2v) is 5.66. The first kappa shape index (κ1) is 16.9. The Morgan fingerprint density at radius 3 is 2.60 bits per heavy atom. The van der Waals surface area contributed by atoms with Crippen molar-refractivity contribution < 1.29 is 23.1 Å². The van der Waals surface area contributed by atoms with E-state index in [1.165, 1.54) is 30.3 Å². The summed E-state index contributed by atoms with van der Waals surface area (Å²) in [5.74, 6) is -1.88. The topological polar surface area (TPSA) is 67.4 Å². The third-order valence-corrected chi connectivity index (χ3v) is 3.83. The van der Waals surface area contributed by atoms with E-state index < -0.39 is 17.7 Å². The van der Waals surface area contributed by atoms with E-state index in [-0.39, 0.29) is 17.6 Å². The van der Waals surface area contributed by atoms with Crippen molar-refractivity contribution in [3.63, 3.8) is 0 Å². The number of carbonyl (C=O) groups excluding carboxylic acids is 2. The van der Waals surface area contributed by atoms with Gasteiger partial charge in [0.2, 0.25) is 5.91 Å². The number of halogens is 2. The Bertz CT molecular complexity index is 793. The van der Waals surface area contributed by atoms with E-state index in [0.29, 0.717) is 24.3 Å². The van der Waals surface area contributed by atoms with Crippen LogP contribution in [-0.2, 0) is 4.79 Å². The molecule has 2 aromatic rings. The summed E-state index contributed by atoms with van der Waals surface area (Å²) in [7, 11) is 0. The molecule has 7 heteroatoms. The van der Waals surface area contributed by atoms with Crippen LogP contribution < -0.4 is 15.4 Å². The molecule has 2 N–H and O–H groups in total. The molecule has 1 saturated heterocycles. The monoisotopic (exact) mass is 346 g/mol. The molecular weight excluding hydrogens is 330 g/mol. The lowest BCUT2D eigenvalue weighted by atomic mass is 10.1. The molecule has 1 fully saturated rings. The Balaban J connectivity index is 1.65. The first-order valence-corrected chi connectivity index (χ1v) is 7.84. The zero-order valence-electron chi connectivity index (χ0n) is 13.2. The third kappa shape index (κ3) is 4.12. The fraction of sp³-hybridized carbons (Fsp3) is 0.222. The SMILES string of the molecule is O=C(N[C@@H]1CCCNC1=O)c1ccc(Oc2ccc(F)cc2F)cc1. The Morgan fingerprint density at radius 2 is 1.92 bits per heavy atom. The number of amides is 2. The van der Waals surface area contributed by atoms with E-state index in [9.17, 15) is 18.4 Å². The van der Waals surface area contributed by atoms with Gasteiger partial charge in [-0.2, -0.15) is 0 Å². The van der Waals surface area contributed by atoms with Gasteiger partial charge in [-0.1, -0.05) is 0 Å². The van der Waals surface area contributed by atoms with E-state index in [1.54, 1.807) is 0 Å². The van der Waals surface area contributed by atoms with Gasteiger partial charge in [0.1, 0.15) is 17.6 Å². The first-order valence-electron chi connectivity index (χ1n) is 7.84. The van der Waals surface area contributed by atoms with E-state index >= 15 is 0 Å².